The maximum absolute atomic E-state index is 11.7. The Morgan fingerprint density at radius 3 is 2.50 bits per heavy atom. The van der Waals surface area contributed by atoms with Crippen molar-refractivity contribution < 1.29 is 9.90 Å². The molecule has 1 amide bonds. The fraction of sp³-hybridized carbons (Fsp3) is 0.900. The molecule has 0 aromatic heterocycles. The van der Waals surface area contributed by atoms with Crippen LogP contribution in [-0.4, -0.2) is 30.2 Å². The Morgan fingerprint density at radius 1 is 1.57 bits per heavy atom. The van der Waals surface area contributed by atoms with Gasteiger partial charge in [-0.05, 0) is 26.7 Å². The standard InChI is InChI=1S/C10H22N2O2/c1-4-8(5-6-13)12-9(14)10(2,3)7-11/h8,13H,4-7,11H2,1-3H3,(H,12,14). The minimum Gasteiger partial charge on any atom is -0.396 e. The normalized spacial score (nSPS) is 13.8. The Balaban J connectivity index is 4.15. The molecule has 0 heterocycles. The average molecular weight is 202 g/mol. The van der Waals surface area contributed by atoms with E-state index in [2.05, 4.69) is 5.32 Å². The zero-order valence-electron chi connectivity index (χ0n) is 9.34. The summed E-state index contributed by atoms with van der Waals surface area (Å²) in [5.74, 6) is -0.0414. The van der Waals surface area contributed by atoms with Crippen LogP contribution in [0.3, 0.4) is 0 Å². The summed E-state index contributed by atoms with van der Waals surface area (Å²) in [4.78, 5) is 11.7. The molecule has 14 heavy (non-hydrogen) atoms. The summed E-state index contributed by atoms with van der Waals surface area (Å²) in [6.07, 6.45) is 1.43. The van der Waals surface area contributed by atoms with E-state index in [1.165, 1.54) is 0 Å². The lowest BCUT2D eigenvalue weighted by Gasteiger charge is -2.25. The molecule has 0 aliphatic heterocycles. The van der Waals surface area contributed by atoms with Gasteiger partial charge in [0.15, 0.2) is 0 Å². The van der Waals surface area contributed by atoms with Crippen LogP contribution in [0.1, 0.15) is 33.6 Å². The van der Waals surface area contributed by atoms with Crippen LogP contribution in [-0.2, 0) is 4.79 Å². The number of aliphatic hydroxyl groups excluding tert-OH is 1. The van der Waals surface area contributed by atoms with Gasteiger partial charge >= 0.3 is 0 Å². The highest BCUT2D eigenvalue weighted by atomic mass is 16.3. The quantitative estimate of drug-likeness (QED) is 0.578. The lowest BCUT2D eigenvalue weighted by molar-refractivity contribution is -0.129. The maximum atomic E-state index is 11.7. The molecule has 0 aliphatic rings. The van der Waals surface area contributed by atoms with Crippen molar-refractivity contribution in [1.29, 1.82) is 0 Å². The van der Waals surface area contributed by atoms with Crippen LogP contribution < -0.4 is 11.1 Å². The van der Waals surface area contributed by atoms with E-state index in [1.54, 1.807) is 0 Å². The van der Waals surface area contributed by atoms with Gasteiger partial charge in [0, 0.05) is 19.2 Å². The molecule has 0 rings (SSSR count). The maximum Gasteiger partial charge on any atom is 0.227 e. The van der Waals surface area contributed by atoms with E-state index in [-0.39, 0.29) is 18.6 Å². The van der Waals surface area contributed by atoms with Gasteiger partial charge in [-0.2, -0.15) is 0 Å². The zero-order chi connectivity index (χ0) is 11.2. The third-order valence-electron chi connectivity index (χ3n) is 2.43. The molecule has 4 nitrogen and oxygen atoms in total. The van der Waals surface area contributed by atoms with Crippen LogP contribution in [0.2, 0.25) is 0 Å². The summed E-state index contributed by atoms with van der Waals surface area (Å²) in [6, 6.07) is 0.0540. The van der Waals surface area contributed by atoms with Crippen molar-refractivity contribution in [2.75, 3.05) is 13.2 Å². The molecule has 0 radical (unpaired) electrons. The van der Waals surface area contributed by atoms with Gasteiger partial charge in [-0.15, -0.1) is 0 Å². The molecule has 1 atom stereocenters. The number of carbonyl (C=O) groups is 1. The van der Waals surface area contributed by atoms with Gasteiger partial charge in [-0.3, -0.25) is 4.79 Å². The van der Waals surface area contributed by atoms with Gasteiger partial charge in [-0.25, -0.2) is 0 Å². The highest BCUT2D eigenvalue weighted by Gasteiger charge is 2.26. The summed E-state index contributed by atoms with van der Waals surface area (Å²) < 4.78 is 0. The van der Waals surface area contributed by atoms with E-state index in [0.717, 1.165) is 6.42 Å². The monoisotopic (exact) mass is 202 g/mol. The lowest BCUT2D eigenvalue weighted by atomic mass is 9.92. The highest BCUT2D eigenvalue weighted by molar-refractivity contribution is 5.82. The first-order valence-corrected chi connectivity index (χ1v) is 5.09. The first kappa shape index (κ1) is 13.4. The molecule has 0 spiro atoms. The Labute approximate surface area is 85.9 Å². The second kappa shape index (κ2) is 5.98. The van der Waals surface area contributed by atoms with Crippen LogP contribution >= 0.6 is 0 Å². The fourth-order valence-electron chi connectivity index (χ4n) is 1.01. The van der Waals surface area contributed by atoms with Crippen LogP contribution in [0.15, 0.2) is 0 Å². The van der Waals surface area contributed by atoms with E-state index >= 15 is 0 Å². The van der Waals surface area contributed by atoms with Gasteiger partial charge in [0.2, 0.25) is 5.91 Å². The van der Waals surface area contributed by atoms with Crippen molar-refractivity contribution in [3.05, 3.63) is 0 Å². The minimum absolute atomic E-state index is 0.0414. The van der Waals surface area contributed by atoms with E-state index < -0.39 is 5.41 Å². The molecule has 4 N–H and O–H groups in total. The molecule has 0 aliphatic carbocycles. The third kappa shape index (κ3) is 4.07. The van der Waals surface area contributed by atoms with E-state index in [4.69, 9.17) is 10.8 Å². The highest BCUT2D eigenvalue weighted by Crippen LogP contribution is 2.13. The largest absolute Gasteiger partial charge is 0.396 e. The summed E-state index contributed by atoms with van der Waals surface area (Å²) >= 11 is 0. The minimum atomic E-state index is -0.525. The molecule has 0 aromatic carbocycles. The Bertz CT molecular complexity index is 181. The van der Waals surface area contributed by atoms with Crippen molar-refractivity contribution >= 4 is 5.91 Å². The number of hydrogen-bond acceptors (Lipinski definition) is 3. The van der Waals surface area contributed by atoms with E-state index in [1.807, 2.05) is 20.8 Å². The number of nitrogens with one attached hydrogen (secondary N) is 1. The van der Waals surface area contributed by atoms with Crippen LogP contribution in [0.25, 0.3) is 0 Å². The first-order chi connectivity index (χ1) is 6.47. The van der Waals surface area contributed by atoms with Crippen molar-refractivity contribution in [1.82, 2.24) is 5.32 Å². The van der Waals surface area contributed by atoms with Gasteiger partial charge in [-0.1, -0.05) is 6.92 Å². The van der Waals surface area contributed by atoms with Crippen LogP contribution in [0.4, 0.5) is 0 Å². The predicted molar refractivity (Wildman–Crippen MR) is 56.8 cm³/mol. The zero-order valence-corrected chi connectivity index (χ0v) is 9.34. The van der Waals surface area contributed by atoms with E-state index in [9.17, 15) is 4.79 Å². The smallest absolute Gasteiger partial charge is 0.227 e. The van der Waals surface area contributed by atoms with Gasteiger partial charge in [0.25, 0.3) is 0 Å². The second-order valence-electron chi connectivity index (χ2n) is 4.18. The van der Waals surface area contributed by atoms with E-state index in [0.29, 0.717) is 13.0 Å². The number of aliphatic hydroxyl groups is 1. The average Bonchev–Trinajstić information content (AvgIpc) is 2.16. The molecule has 0 saturated carbocycles. The van der Waals surface area contributed by atoms with Crippen molar-refractivity contribution in [2.24, 2.45) is 11.1 Å². The number of hydrogen-bond donors (Lipinski definition) is 3. The first-order valence-electron chi connectivity index (χ1n) is 5.09. The molecule has 0 bridgehead atoms. The van der Waals surface area contributed by atoms with Crippen molar-refractivity contribution in [3.8, 4) is 0 Å². The fourth-order valence-corrected chi connectivity index (χ4v) is 1.01. The number of nitrogens with two attached hydrogens (primary N) is 1. The van der Waals surface area contributed by atoms with Crippen molar-refractivity contribution in [2.45, 2.75) is 39.7 Å². The SMILES string of the molecule is CCC(CCO)NC(=O)C(C)(C)CN. The molecule has 1 unspecified atom stereocenters. The van der Waals surface area contributed by atoms with Gasteiger partial charge < -0.3 is 16.2 Å². The van der Waals surface area contributed by atoms with Gasteiger partial charge in [0.05, 0.1) is 5.41 Å². The molecule has 0 aromatic rings. The summed E-state index contributed by atoms with van der Waals surface area (Å²) in [7, 11) is 0. The molecular weight excluding hydrogens is 180 g/mol. The van der Waals surface area contributed by atoms with Gasteiger partial charge in [0.1, 0.15) is 0 Å². The lowest BCUT2D eigenvalue weighted by Crippen LogP contribution is -2.46. The van der Waals surface area contributed by atoms with Crippen molar-refractivity contribution in [3.63, 3.8) is 0 Å². The summed E-state index contributed by atoms with van der Waals surface area (Å²) in [5, 5.41) is 11.6. The Hall–Kier alpha value is -0.610. The molecular formula is C10H22N2O2. The predicted octanol–water partition coefficient (Wildman–Crippen LogP) is 0.249. The van der Waals surface area contributed by atoms with Crippen LogP contribution in [0, 0.1) is 5.41 Å². The topological polar surface area (TPSA) is 75.3 Å². The Kier molecular flexibility index (Phi) is 5.72. The number of rotatable bonds is 6. The third-order valence-corrected chi connectivity index (χ3v) is 2.43. The molecule has 0 saturated heterocycles. The van der Waals surface area contributed by atoms with Crippen LogP contribution in [0.5, 0.6) is 0 Å². The Morgan fingerprint density at radius 2 is 2.14 bits per heavy atom. The molecule has 4 heteroatoms. The summed E-state index contributed by atoms with van der Waals surface area (Å²) in [5.41, 5.74) is 4.96. The summed E-state index contributed by atoms with van der Waals surface area (Å²) in [6.45, 7) is 6.04. The molecule has 84 valence electrons. The number of carbonyl (C=O) groups excluding carboxylic acids is 1. The molecule has 0 fully saturated rings. The second-order valence-corrected chi connectivity index (χ2v) is 4.18. The number of amides is 1.